The van der Waals surface area contributed by atoms with E-state index >= 15 is 0 Å². The Morgan fingerprint density at radius 2 is 1.82 bits per heavy atom. The van der Waals surface area contributed by atoms with Crippen LogP contribution in [0.1, 0.15) is 28.7 Å². The molecule has 1 atom stereocenters. The Kier molecular flexibility index (Phi) is 4.70. The topological polar surface area (TPSA) is 49.3 Å². The summed E-state index contributed by atoms with van der Waals surface area (Å²) in [6.07, 6.45) is 1.42. The van der Waals surface area contributed by atoms with Gasteiger partial charge in [0.2, 0.25) is 0 Å². The zero-order valence-corrected chi connectivity index (χ0v) is 11.0. The minimum Gasteiger partial charge on any atom is -0.480 e. The van der Waals surface area contributed by atoms with Crippen molar-refractivity contribution in [1.29, 1.82) is 0 Å². The first kappa shape index (κ1) is 13.7. The molecule has 0 spiro atoms. The number of aliphatic carboxylic acids is 1. The normalized spacial score (nSPS) is 12.5. The van der Waals surface area contributed by atoms with Gasteiger partial charge in [0.15, 0.2) is 0 Å². The van der Waals surface area contributed by atoms with Gasteiger partial charge >= 0.3 is 5.97 Å². The maximum Gasteiger partial charge on any atom is 0.320 e. The highest BCUT2D eigenvalue weighted by Crippen LogP contribution is 2.18. The molecule has 0 bridgehead atoms. The first-order valence-corrected chi connectivity index (χ1v) is 5.92. The summed E-state index contributed by atoms with van der Waals surface area (Å²) in [6.45, 7) is 6.26. The van der Waals surface area contributed by atoms with Crippen LogP contribution in [-0.2, 0) is 11.2 Å². The number of aryl methyl sites for hydroxylation is 3. The largest absolute Gasteiger partial charge is 0.480 e. The van der Waals surface area contributed by atoms with E-state index in [0.717, 1.165) is 6.42 Å². The van der Waals surface area contributed by atoms with Crippen LogP contribution in [-0.4, -0.2) is 24.2 Å². The van der Waals surface area contributed by atoms with Gasteiger partial charge in [-0.25, -0.2) is 0 Å². The standard InChI is InChI=1S/C14H21NO2/c1-9-7-10(2)12(11(3)8-9)5-6-13(15-4)14(16)17/h7-8,13,15H,5-6H2,1-4H3,(H,16,17). The highest BCUT2D eigenvalue weighted by molar-refractivity contribution is 5.73. The molecule has 3 heteroatoms. The Morgan fingerprint density at radius 1 is 1.29 bits per heavy atom. The third kappa shape index (κ3) is 3.56. The summed E-state index contributed by atoms with van der Waals surface area (Å²) in [6, 6.07) is 3.84. The molecule has 0 aliphatic heterocycles. The molecule has 0 saturated carbocycles. The Bertz CT molecular complexity index is 390. The molecule has 17 heavy (non-hydrogen) atoms. The molecule has 0 aromatic heterocycles. The molecule has 0 aliphatic carbocycles. The van der Waals surface area contributed by atoms with Crippen LogP contribution in [0.5, 0.6) is 0 Å². The van der Waals surface area contributed by atoms with E-state index in [1.807, 2.05) is 0 Å². The van der Waals surface area contributed by atoms with Crippen LogP contribution < -0.4 is 5.32 Å². The van der Waals surface area contributed by atoms with Gasteiger partial charge in [0.05, 0.1) is 0 Å². The first-order chi connectivity index (χ1) is 7.95. The predicted octanol–water partition coefficient (Wildman–Crippen LogP) is 2.22. The Labute approximate surface area is 103 Å². The lowest BCUT2D eigenvalue weighted by Crippen LogP contribution is -2.34. The van der Waals surface area contributed by atoms with Crippen molar-refractivity contribution in [2.24, 2.45) is 0 Å². The Balaban J connectivity index is 2.79. The number of carbonyl (C=O) groups is 1. The van der Waals surface area contributed by atoms with Crippen molar-refractivity contribution in [3.05, 3.63) is 34.4 Å². The highest BCUT2D eigenvalue weighted by Gasteiger charge is 2.15. The summed E-state index contributed by atoms with van der Waals surface area (Å²) in [5.41, 5.74) is 5.04. The fourth-order valence-corrected chi connectivity index (χ4v) is 2.28. The van der Waals surface area contributed by atoms with Gasteiger partial charge in [-0.15, -0.1) is 0 Å². The number of carboxylic acids is 1. The van der Waals surface area contributed by atoms with Crippen LogP contribution in [0.25, 0.3) is 0 Å². The van der Waals surface area contributed by atoms with E-state index in [0.29, 0.717) is 6.42 Å². The lowest BCUT2D eigenvalue weighted by molar-refractivity contribution is -0.139. The average Bonchev–Trinajstić information content (AvgIpc) is 2.21. The van der Waals surface area contributed by atoms with E-state index in [2.05, 4.69) is 38.2 Å². The van der Waals surface area contributed by atoms with Gasteiger partial charge in [-0.3, -0.25) is 4.79 Å². The molecule has 0 heterocycles. The fourth-order valence-electron chi connectivity index (χ4n) is 2.28. The summed E-state index contributed by atoms with van der Waals surface area (Å²) in [4.78, 5) is 10.9. The molecule has 3 nitrogen and oxygen atoms in total. The van der Waals surface area contributed by atoms with Crippen LogP contribution in [0.15, 0.2) is 12.1 Å². The van der Waals surface area contributed by atoms with Crippen molar-refractivity contribution < 1.29 is 9.90 Å². The number of nitrogens with one attached hydrogen (secondary N) is 1. The summed E-state index contributed by atoms with van der Waals surface area (Å²) in [7, 11) is 1.69. The summed E-state index contributed by atoms with van der Waals surface area (Å²) < 4.78 is 0. The molecule has 94 valence electrons. The van der Waals surface area contributed by atoms with Gasteiger partial charge in [0.25, 0.3) is 0 Å². The minimum atomic E-state index is -0.782. The molecule has 1 rings (SSSR count). The Hall–Kier alpha value is -1.35. The number of hydrogen-bond acceptors (Lipinski definition) is 2. The molecular formula is C14H21NO2. The van der Waals surface area contributed by atoms with Crippen LogP contribution in [0.4, 0.5) is 0 Å². The zero-order valence-electron chi connectivity index (χ0n) is 11.0. The molecule has 0 aliphatic rings. The van der Waals surface area contributed by atoms with E-state index in [1.54, 1.807) is 7.05 Å². The van der Waals surface area contributed by atoms with Crippen LogP contribution in [0, 0.1) is 20.8 Å². The van der Waals surface area contributed by atoms with Crippen molar-refractivity contribution in [2.45, 2.75) is 39.7 Å². The number of benzene rings is 1. The first-order valence-electron chi connectivity index (χ1n) is 5.92. The smallest absolute Gasteiger partial charge is 0.320 e. The third-order valence-electron chi connectivity index (χ3n) is 3.17. The van der Waals surface area contributed by atoms with E-state index in [9.17, 15) is 4.79 Å². The molecule has 2 N–H and O–H groups in total. The van der Waals surface area contributed by atoms with Gasteiger partial charge < -0.3 is 10.4 Å². The van der Waals surface area contributed by atoms with Crippen LogP contribution in [0.3, 0.4) is 0 Å². The molecule has 1 unspecified atom stereocenters. The second-order valence-electron chi connectivity index (χ2n) is 4.60. The fraction of sp³-hybridized carbons (Fsp3) is 0.500. The van der Waals surface area contributed by atoms with Crippen LogP contribution >= 0.6 is 0 Å². The highest BCUT2D eigenvalue weighted by atomic mass is 16.4. The summed E-state index contributed by atoms with van der Waals surface area (Å²) in [5, 5.41) is 11.8. The lowest BCUT2D eigenvalue weighted by atomic mass is 9.94. The van der Waals surface area contributed by atoms with E-state index in [-0.39, 0.29) is 0 Å². The van der Waals surface area contributed by atoms with E-state index < -0.39 is 12.0 Å². The zero-order chi connectivity index (χ0) is 13.0. The average molecular weight is 235 g/mol. The SMILES string of the molecule is CNC(CCc1c(C)cc(C)cc1C)C(=O)O. The predicted molar refractivity (Wildman–Crippen MR) is 69.5 cm³/mol. The third-order valence-corrected chi connectivity index (χ3v) is 3.17. The quantitative estimate of drug-likeness (QED) is 0.822. The molecule has 0 amide bonds. The molecule has 1 aromatic carbocycles. The van der Waals surface area contributed by atoms with Gasteiger partial charge in [-0.1, -0.05) is 17.7 Å². The molecule has 0 fully saturated rings. The number of carboxylic acid groups (broad SMARTS) is 1. The summed E-state index contributed by atoms with van der Waals surface area (Å²) in [5.74, 6) is -0.782. The minimum absolute atomic E-state index is 0.463. The second kappa shape index (κ2) is 5.82. The van der Waals surface area contributed by atoms with Gasteiger partial charge in [0, 0.05) is 0 Å². The van der Waals surface area contributed by atoms with E-state index in [4.69, 9.17) is 5.11 Å². The van der Waals surface area contributed by atoms with Crippen molar-refractivity contribution >= 4 is 5.97 Å². The van der Waals surface area contributed by atoms with Crippen molar-refractivity contribution in [3.8, 4) is 0 Å². The number of likely N-dealkylation sites (N-methyl/N-ethyl adjacent to an activating group) is 1. The lowest BCUT2D eigenvalue weighted by Gasteiger charge is -2.14. The molecular weight excluding hydrogens is 214 g/mol. The monoisotopic (exact) mass is 235 g/mol. The number of hydrogen-bond donors (Lipinski definition) is 2. The second-order valence-corrected chi connectivity index (χ2v) is 4.60. The van der Waals surface area contributed by atoms with Crippen molar-refractivity contribution in [2.75, 3.05) is 7.05 Å². The summed E-state index contributed by atoms with van der Waals surface area (Å²) >= 11 is 0. The molecule has 0 radical (unpaired) electrons. The van der Waals surface area contributed by atoms with Crippen LogP contribution in [0.2, 0.25) is 0 Å². The van der Waals surface area contributed by atoms with Gasteiger partial charge in [-0.05, 0) is 57.4 Å². The van der Waals surface area contributed by atoms with E-state index in [1.165, 1.54) is 22.3 Å². The van der Waals surface area contributed by atoms with Crippen molar-refractivity contribution in [1.82, 2.24) is 5.32 Å². The van der Waals surface area contributed by atoms with Crippen molar-refractivity contribution in [3.63, 3.8) is 0 Å². The maximum absolute atomic E-state index is 10.9. The van der Waals surface area contributed by atoms with Gasteiger partial charge in [0.1, 0.15) is 6.04 Å². The van der Waals surface area contributed by atoms with Gasteiger partial charge in [-0.2, -0.15) is 0 Å². The maximum atomic E-state index is 10.9. The number of rotatable bonds is 5. The molecule has 1 aromatic rings. The molecule has 0 saturated heterocycles. The Morgan fingerprint density at radius 3 is 2.24 bits per heavy atom.